The summed E-state index contributed by atoms with van der Waals surface area (Å²) in [6.45, 7) is 10.8. The number of rotatable bonds is 4. The molecule has 182 valence electrons. The first-order valence-electron chi connectivity index (χ1n) is 11.9. The minimum atomic E-state index is -2.34. The summed E-state index contributed by atoms with van der Waals surface area (Å²) < 4.78 is 9.53. The Kier molecular flexibility index (Phi) is 9.32. The van der Waals surface area contributed by atoms with Crippen molar-refractivity contribution in [3.8, 4) is 0 Å². The Hall–Kier alpha value is -0.630. The van der Waals surface area contributed by atoms with Crippen molar-refractivity contribution in [1.82, 2.24) is 12.7 Å². The average Bonchev–Trinajstić information content (AvgIpc) is 2.76. The number of carbonyl (C=O) groups excluding carboxylic acids is 2. The normalized spacial score (nSPS) is 21.0. The molecule has 2 aliphatic rings. The van der Waals surface area contributed by atoms with Gasteiger partial charge in [0.15, 0.2) is 0 Å². The van der Waals surface area contributed by atoms with E-state index in [9.17, 15) is 9.59 Å². The Labute approximate surface area is 216 Å². The molecule has 2 heterocycles. The van der Waals surface area contributed by atoms with Gasteiger partial charge in [0.25, 0.3) is 0 Å². The van der Waals surface area contributed by atoms with Crippen LogP contribution in [0.2, 0.25) is 17.9 Å². The molecule has 2 saturated heterocycles. The summed E-state index contributed by atoms with van der Waals surface area (Å²) in [6.07, 6.45) is 3.09. The fourth-order valence-corrected chi connectivity index (χ4v) is 17.0. The Morgan fingerprint density at radius 3 is 2.27 bits per heavy atom. The van der Waals surface area contributed by atoms with Gasteiger partial charge in [-0.05, 0) is 0 Å². The van der Waals surface area contributed by atoms with Crippen LogP contribution in [0.4, 0.5) is 4.79 Å². The number of ether oxygens (including phenoxy) is 1. The molecule has 6 nitrogen and oxygen atoms in total. The molecule has 2 amide bonds. The van der Waals surface area contributed by atoms with Crippen molar-refractivity contribution in [2.75, 3.05) is 33.2 Å². The Bertz CT molecular complexity index is 836. The fourth-order valence-electron chi connectivity index (χ4n) is 4.89. The maximum absolute atomic E-state index is 13.7. The second kappa shape index (κ2) is 11.4. The van der Waals surface area contributed by atoms with E-state index in [-0.39, 0.29) is 21.7 Å². The van der Waals surface area contributed by atoms with Gasteiger partial charge in [0.05, 0.1) is 0 Å². The summed E-state index contributed by atoms with van der Waals surface area (Å²) in [5.41, 5.74) is 0.472. The van der Waals surface area contributed by atoms with Gasteiger partial charge in [-0.2, -0.15) is 0 Å². The summed E-state index contributed by atoms with van der Waals surface area (Å²) in [4.78, 5) is 29.8. The Morgan fingerprint density at radius 2 is 1.70 bits per heavy atom. The van der Waals surface area contributed by atoms with Crippen LogP contribution >= 0.6 is 23.2 Å². The van der Waals surface area contributed by atoms with Crippen LogP contribution < -0.4 is 0 Å². The van der Waals surface area contributed by atoms with E-state index in [0.29, 0.717) is 23.1 Å². The van der Waals surface area contributed by atoms with Crippen LogP contribution in [0.5, 0.6) is 0 Å². The van der Waals surface area contributed by atoms with Gasteiger partial charge in [0.1, 0.15) is 0 Å². The zero-order valence-corrected chi connectivity index (χ0v) is 25.3. The van der Waals surface area contributed by atoms with Crippen LogP contribution in [-0.2, 0) is 9.53 Å². The number of amides is 2. The van der Waals surface area contributed by atoms with Gasteiger partial charge in [-0.15, -0.1) is 0 Å². The third-order valence-corrected chi connectivity index (χ3v) is 18.6. The first-order chi connectivity index (χ1) is 15.5. The molecule has 2 aliphatic heterocycles. The third-order valence-electron chi connectivity index (χ3n) is 6.78. The van der Waals surface area contributed by atoms with Crippen LogP contribution in [0.1, 0.15) is 58.6 Å². The van der Waals surface area contributed by atoms with Crippen molar-refractivity contribution in [3.05, 3.63) is 33.8 Å². The summed E-state index contributed by atoms with van der Waals surface area (Å²) in [5.74, 6) is 0.258. The van der Waals surface area contributed by atoms with Gasteiger partial charge in [-0.3, -0.25) is 0 Å². The van der Waals surface area contributed by atoms with Crippen molar-refractivity contribution in [1.29, 1.82) is 0 Å². The third kappa shape index (κ3) is 7.18. The van der Waals surface area contributed by atoms with E-state index < -0.39 is 27.3 Å². The molecule has 0 aliphatic carbocycles. The number of piperazine rings is 1. The van der Waals surface area contributed by atoms with E-state index in [4.69, 9.17) is 27.9 Å². The first kappa shape index (κ1) is 27.0. The summed E-state index contributed by atoms with van der Waals surface area (Å²) in [7, 11) is 1.90. The Morgan fingerprint density at radius 1 is 1.09 bits per heavy atom. The molecule has 2 fully saturated rings. The number of carbonyl (C=O) groups is 2. The summed E-state index contributed by atoms with van der Waals surface area (Å²) in [6, 6.07) is 5.40. The van der Waals surface area contributed by atoms with Gasteiger partial charge in [-0.25, -0.2) is 0 Å². The Balaban J connectivity index is 1.65. The molecule has 0 radical (unpaired) electrons. The van der Waals surface area contributed by atoms with E-state index in [0.717, 1.165) is 31.5 Å². The van der Waals surface area contributed by atoms with Crippen LogP contribution in [0.15, 0.2) is 18.2 Å². The molecule has 0 saturated carbocycles. The maximum atomic E-state index is 13.7. The van der Waals surface area contributed by atoms with Crippen molar-refractivity contribution in [2.45, 2.75) is 66.5 Å². The zero-order valence-electron chi connectivity index (χ0n) is 20.4. The van der Waals surface area contributed by atoms with Crippen molar-refractivity contribution in [3.63, 3.8) is 0 Å². The summed E-state index contributed by atoms with van der Waals surface area (Å²) >= 11 is 10.1. The molecule has 33 heavy (non-hydrogen) atoms. The van der Waals surface area contributed by atoms with Crippen molar-refractivity contribution in [2.24, 2.45) is 0 Å². The summed E-state index contributed by atoms with van der Waals surface area (Å²) in [5, 5.41) is 1.17. The number of halogens is 2. The predicted octanol–water partition coefficient (Wildman–Crippen LogP) is 5.61. The minimum absolute atomic E-state index is 0.0911. The van der Waals surface area contributed by atoms with E-state index in [2.05, 4.69) is 2.89 Å². The van der Waals surface area contributed by atoms with Gasteiger partial charge in [0, 0.05) is 0 Å². The molecular weight excluding hydrogens is 564 g/mol. The number of hydrogen-bond donors (Lipinski definition) is 0. The molecule has 2 atom stereocenters. The van der Waals surface area contributed by atoms with Gasteiger partial charge >= 0.3 is 217 Å². The van der Waals surface area contributed by atoms with Crippen LogP contribution in [-0.4, -0.2) is 85.2 Å². The number of nitrogens with zero attached hydrogens (tertiary/aromatic N) is 3. The quantitative estimate of drug-likeness (QED) is 0.451. The second-order valence-corrected chi connectivity index (χ2v) is 20.4. The molecule has 0 aromatic heterocycles. The van der Waals surface area contributed by atoms with E-state index in [1.54, 1.807) is 6.07 Å². The molecule has 3 rings (SSSR count). The van der Waals surface area contributed by atoms with Crippen LogP contribution in [0, 0.1) is 0 Å². The fraction of sp³-hybridized carbons (Fsp3) is 0.667. The SMILES string of the molecule is CC(c1cc(Cl)cc(Cl)c1)N(C)C(=O)[CH]1CCC[CH2][In]1[N]1CCN(C(=O)OC(C)(C)C)CC1. The predicted molar refractivity (Wildman–Crippen MR) is 135 cm³/mol. The molecule has 0 N–H and O–H groups in total. The zero-order chi connectivity index (χ0) is 24.3. The number of hydrogen-bond acceptors (Lipinski definition) is 4. The molecule has 1 aromatic rings. The van der Waals surface area contributed by atoms with E-state index >= 15 is 0 Å². The van der Waals surface area contributed by atoms with Gasteiger partial charge in [-0.1, -0.05) is 0 Å². The molecule has 0 bridgehead atoms. The standard InChI is InChI=1S/C15H19Cl2NO.C9H17N2O2.In/c1-4-5-6-7-15(19)18(3)11(2)12-8-13(16)10-14(17)9-12;1-9(2,3)13-8(12)11-6-4-10-5-7-11;/h7-11H,1,4-6H2,2-3H3;4-7H2,1-3H3;/q;-1;+1. The van der Waals surface area contributed by atoms with E-state index in [1.165, 1.54) is 10.6 Å². The molecule has 9 heteroatoms. The molecular formula is C24H36Cl2InN3O3. The van der Waals surface area contributed by atoms with Crippen LogP contribution in [0.3, 0.4) is 0 Å². The van der Waals surface area contributed by atoms with Crippen molar-refractivity contribution >= 4 is 56.9 Å². The average molecular weight is 600 g/mol. The monoisotopic (exact) mass is 599 g/mol. The topological polar surface area (TPSA) is 53.1 Å². The van der Waals surface area contributed by atoms with Gasteiger partial charge in [0.2, 0.25) is 0 Å². The van der Waals surface area contributed by atoms with E-state index in [1.807, 2.05) is 56.7 Å². The number of benzene rings is 1. The first-order valence-corrected chi connectivity index (χ1v) is 18.4. The molecule has 2 unspecified atom stereocenters. The van der Waals surface area contributed by atoms with Crippen LogP contribution in [0.25, 0.3) is 0 Å². The molecule has 0 spiro atoms. The molecule has 1 aromatic carbocycles. The van der Waals surface area contributed by atoms with Crippen molar-refractivity contribution < 1.29 is 14.3 Å². The second-order valence-electron chi connectivity index (χ2n) is 10.3. The van der Waals surface area contributed by atoms with Gasteiger partial charge < -0.3 is 0 Å².